The fourth-order valence-corrected chi connectivity index (χ4v) is 1.76. The van der Waals surface area contributed by atoms with E-state index in [9.17, 15) is 27.9 Å². The van der Waals surface area contributed by atoms with Crippen LogP contribution in [0.25, 0.3) is 0 Å². The van der Waals surface area contributed by atoms with Crippen molar-refractivity contribution in [1.29, 1.82) is 0 Å². The number of nitrogen functional groups attached to an aromatic ring is 1. The molecule has 0 saturated carbocycles. The maximum Gasteiger partial charge on any atom is 0.471 e. The topological polar surface area (TPSA) is 95.2 Å². The number of aliphatic carboxylic acids is 1. The smallest absolute Gasteiger partial charge is 0.471 e. The second kappa shape index (κ2) is 6.66. The summed E-state index contributed by atoms with van der Waals surface area (Å²) in [6.45, 7) is -0.520. The van der Waals surface area contributed by atoms with Gasteiger partial charge in [0.25, 0.3) is 0 Å². The van der Waals surface area contributed by atoms with E-state index in [4.69, 9.17) is 17.3 Å². The minimum atomic E-state index is -5.04. The number of carboxylic acid groups (broad SMARTS) is 1. The first-order chi connectivity index (χ1) is 9.61. The summed E-state index contributed by atoms with van der Waals surface area (Å²) >= 11 is 5.71. The molecular weight excluding hydrogens is 313 g/mol. The monoisotopic (exact) mass is 323 g/mol. The van der Waals surface area contributed by atoms with Crippen LogP contribution < -0.4 is 16.2 Å². The van der Waals surface area contributed by atoms with Gasteiger partial charge in [0.05, 0.1) is 10.7 Å². The highest BCUT2D eigenvalue weighted by Crippen LogP contribution is 2.26. The summed E-state index contributed by atoms with van der Waals surface area (Å²) in [6.07, 6.45) is -5.61. The minimum absolute atomic E-state index is 0.152. The van der Waals surface area contributed by atoms with E-state index in [1.165, 1.54) is 18.2 Å². The molecule has 0 aliphatic rings. The van der Waals surface area contributed by atoms with Crippen molar-refractivity contribution in [2.45, 2.75) is 18.5 Å². The lowest BCUT2D eigenvalue weighted by molar-refractivity contribution is -0.306. The van der Waals surface area contributed by atoms with Gasteiger partial charge < -0.3 is 21.0 Å². The highest BCUT2D eigenvalue weighted by atomic mass is 35.5. The molecule has 116 valence electrons. The second-order valence-corrected chi connectivity index (χ2v) is 4.67. The van der Waals surface area contributed by atoms with E-state index >= 15 is 0 Å². The van der Waals surface area contributed by atoms with E-state index in [2.05, 4.69) is 0 Å². The van der Waals surface area contributed by atoms with Crippen LogP contribution in [0.4, 0.5) is 18.9 Å². The zero-order valence-electron chi connectivity index (χ0n) is 10.5. The highest BCUT2D eigenvalue weighted by Gasteiger charge is 2.38. The number of carboxylic acids is 1. The number of nitrogens with two attached hydrogens (primary N) is 1. The highest BCUT2D eigenvalue weighted by molar-refractivity contribution is 6.33. The Bertz CT molecular complexity index is 549. The molecule has 5 nitrogen and oxygen atoms in total. The molecule has 9 heteroatoms. The molecule has 0 bridgehead atoms. The Morgan fingerprint density at radius 3 is 2.48 bits per heavy atom. The number of rotatable bonds is 5. The van der Waals surface area contributed by atoms with Gasteiger partial charge >= 0.3 is 12.1 Å². The first-order valence-corrected chi connectivity index (χ1v) is 6.09. The van der Waals surface area contributed by atoms with Gasteiger partial charge in [-0.1, -0.05) is 17.7 Å². The van der Waals surface area contributed by atoms with Gasteiger partial charge in [-0.05, 0) is 24.1 Å². The van der Waals surface area contributed by atoms with Gasteiger partial charge in [-0.15, -0.1) is 0 Å². The van der Waals surface area contributed by atoms with Crippen molar-refractivity contribution < 1.29 is 27.9 Å². The molecule has 1 aromatic rings. The third-order valence-electron chi connectivity index (χ3n) is 2.67. The van der Waals surface area contributed by atoms with Crippen molar-refractivity contribution in [3.63, 3.8) is 0 Å². The Kier molecular flexibility index (Phi) is 5.42. The SMILES string of the molecule is Nc1cc([C@H](CNC(=O)C(F)(F)F)CC(=O)[O-])ccc1Cl. The molecule has 1 atom stereocenters. The molecule has 0 aliphatic carbocycles. The summed E-state index contributed by atoms with van der Waals surface area (Å²) < 4.78 is 36.3. The Balaban J connectivity index is 2.88. The number of hydrogen-bond acceptors (Lipinski definition) is 4. The number of hydrogen-bond donors (Lipinski definition) is 2. The third kappa shape index (κ3) is 5.14. The number of anilines is 1. The predicted molar refractivity (Wildman–Crippen MR) is 67.3 cm³/mol. The third-order valence-corrected chi connectivity index (χ3v) is 3.02. The Morgan fingerprint density at radius 1 is 1.38 bits per heavy atom. The number of amides is 1. The molecule has 0 fully saturated rings. The normalized spacial score (nSPS) is 12.8. The van der Waals surface area contributed by atoms with E-state index in [1.54, 1.807) is 5.32 Å². The molecule has 1 amide bonds. The Hall–Kier alpha value is -1.96. The van der Waals surface area contributed by atoms with Gasteiger partial charge in [0.15, 0.2) is 0 Å². The number of halogens is 4. The fraction of sp³-hybridized carbons (Fsp3) is 0.333. The van der Waals surface area contributed by atoms with Crippen LogP contribution in [0.1, 0.15) is 17.9 Å². The molecule has 1 rings (SSSR count). The molecule has 0 spiro atoms. The molecular formula is C12H11ClF3N2O3-. The summed E-state index contributed by atoms with van der Waals surface area (Å²) in [4.78, 5) is 21.4. The van der Waals surface area contributed by atoms with E-state index in [1.807, 2.05) is 0 Å². The van der Waals surface area contributed by atoms with E-state index < -0.39 is 36.9 Å². The van der Waals surface area contributed by atoms with Crippen LogP contribution in [0.5, 0.6) is 0 Å². The van der Waals surface area contributed by atoms with Crippen molar-refractivity contribution >= 4 is 29.2 Å². The summed E-state index contributed by atoms with van der Waals surface area (Å²) in [5, 5.41) is 12.5. The zero-order valence-corrected chi connectivity index (χ0v) is 11.3. The van der Waals surface area contributed by atoms with E-state index in [0.717, 1.165) is 0 Å². The van der Waals surface area contributed by atoms with Crippen molar-refractivity contribution in [2.75, 3.05) is 12.3 Å². The first kappa shape index (κ1) is 17.1. The van der Waals surface area contributed by atoms with Crippen LogP contribution in [0.3, 0.4) is 0 Å². The lowest BCUT2D eigenvalue weighted by Gasteiger charge is -2.19. The summed E-state index contributed by atoms with van der Waals surface area (Å²) in [5.41, 5.74) is 6.04. The van der Waals surface area contributed by atoms with Crippen LogP contribution in [-0.2, 0) is 9.59 Å². The molecule has 21 heavy (non-hydrogen) atoms. The van der Waals surface area contributed by atoms with Crippen LogP contribution in [0, 0.1) is 0 Å². The average molecular weight is 324 g/mol. The standard InChI is InChI=1S/C12H12ClF3N2O3/c13-8-2-1-6(3-9(8)17)7(4-10(19)20)5-18-11(21)12(14,15)16/h1-3,7H,4-5,17H2,(H,18,21)(H,19,20)/p-1/t7-/m0/s1. The van der Waals surface area contributed by atoms with Crippen LogP contribution in [0.2, 0.25) is 5.02 Å². The van der Waals surface area contributed by atoms with Crippen LogP contribution in [-0.4, -0.2) is 24.6 Å². The van der Waals surface area contributed by atoms with Gasteiger partial charge in [0.2, 0.25) is 0 Å². The Labute approximate surface area is 122 Å². The summed E-state index contributed by atoms with van der Waals surface area (Å²) in [6, 6.07) is 4.15. The molecule has 0 heterocycles. The lowest BCUT2D eigenvalue weighted by atomic mass is 9.95. The lowest BCUT2D eigenvalue weighted by Crippen LogP contribution is -2.40. The minimum Gasteiger partial charge on any atom is -0.550 e. The number of alkyl halides is 3. The number of carbonyl (C=O) groups excluding carboxylic acids is 2. The average Bonchev–Trinajstić information content (AvgIpc) is 2.35. The van der Waals surface area contributed by atoms with Gasteiger partial charge in [-0.2, -0.15) is 13.2 Å². The molecule has 0 radical (unpaired) electrons. The van der Waals surface area contributed by atoms with Gasteiger partial charge in [-0.25, -0.2) is 0 Å². The van der Waals surface area contributed by atoms with Gasteiger partial charge in [0.1, 0.15) is 0 Å². The summed E-state index contributed by atoms with van der Waals surface area (Å²) in [7, 11) is 0. The van der Waals surface area contributed by atoms with Crippen molar-refractivity contribution in [1.82, 2.24) is 5.32 Å². The molecule has 0 unspecified atom stereocenters. The zero-order chi connectivity index (χ0) is 16.2. The molecule has 1 aromatic carbocycles. The largest absolute Gasteiger partial charge is 0.550 e. The van der Waals surface area contributed by atoms with Crippen LogP contribution >= 0.6 is 11.6 Å². The molecule has 0 aromatic heterocycles. The maximum absolute atomic E-state index is 12.1. The van der Waals surface area contributed by atoms with Crippen LogP contribution in [0.15, 0.2) is 18.2 Å². The van der Waals surface area contributed by atoms with E-state index in [-0.39, 0.29) is 10.7 Å². The fourth-order valence-electron chi connectivity index (χ4n) is 1.64. The quantitative estimate of drug-likeness (QED) is 0.784. The predicted octanol–water partition coefficient (Wildman–Crippen LogP) is 0.824. The second-order valence-electron chi connectivity index (χ2n) is 4.26. The molecule has 3 N–H and O–H groups in total. The van der Waals surface area contributed by atoms with E-state index in [0.29, 0.717) is 5.56 Å². The van der Waals surface area contributed by atoms with Gasteiger partial charge in [0, 0.05) is 18.4 Å². The van der Waals surface area contributed by atoms with Crippen molar-refractivity contribution in [2.24, 2.45) is 0 Å². The number of carbonyl (C=O) groups is 2. The van der Waals surface area contributed by atoms with Crippen molar-refractivity contribution in [3.8, 4) is 0 Å². The van der Waals surface area contributed by atoms with Gasteiger partial charge in [-0.3, -0.25) is 4.79 Å². The molecule has 0 aliphatic heterocycles. The summed E-state index contributed by atoms with van der Waals surface area (Å²) in [5.74, 6) is -4.52. The Morgan fingerprint density at radius 2 is 2.00 bits per heavy atom. The first-order valence-electron chi connectivity index (χ1n) is 5.71. The maximum atomic E-state index is 12.1. The number of benzene rings is 1. The number of nitrogens with one attached hydrogen (secondary N) is 1. The van der Waals surface area contributed by atoms with Crippen molar-refractivity contribution in [3.05, 3.63) is 28.8 Å². The molecule has 0 saturated heterocycles.